The third-order valence-electron chi connectivity index (χ3n) is 10.5. The molecule has 8 rings (SSSR count). The van der Waals surface area contributed by atoms with E-state index in [1.54, 1.807) is 5.57 Å². The van der Waals surface area contributed by atoms with Crippen molar-refractivity contribution in [3.8, 4) is 5.69 Å². The lowest BCUT2D eigenvalue weighted by molar-refractivity contribution is 0.601. The van der Waals surface area contributed by atoms with E-state index >= 15 is 0 Å². The number of allylic oxidation sites excluding steroid dienone is 11. The molecule has 1 saturated carbocycles. The lowest BCUT2D eigenvalue weighted by atomic mass is 9.97. The molecule has 0 saturated heterocycles. The fraction of sp³-hybridized carbons (Fsp3) is 0.217. The number of unbranched alkanes of at least 4 members (excludes halogenated alkanes) is 1. The van der Waals surface area contributed by atoms with Gasteiger partial charge in [-0.05, 0) is 134 Å². The number of fused-ring (bicyclic) bond motifs is 5. The number of benzene rings is 3. The average molecular weight is 623 g/mol. The van der Waals surface area contributed by atoms with Gasteiger partial charge in [0.05, 0.1) is 11.2 Å². The summed E-state index contributed by atoms with van der Waals surface area (Å²) in [6, 6.07) is 25.4. The molecule has 2 heteroatoms. The van der Waals surface area contributed by atoms with Gasteiger partial charge in [-0.2, -0.15) is 0 Å². The van der Waals surface area contributed by atoms with E-state index in [4.69, 9.17) is 0 Å². The van der Waals surface area contributed by atoms with E-state index in [9.17, 15) is 0 Å². The molecule has 3 atom stereocenters. The van der Waals surface area contributed by atoms with E-state index in [1.807, 2.05) is 18.2 Å². The van der Waals surface area contributed by atoms with Crippen molar-refractivity contribution in [3.63, 3.8) is 0 Å². The molecule has 0 spiro atoms. The zero-order valence-corrected chi connectivity index (χ0v) is 28.2. The molecular weight excluding hydrogens is 581 g/mol. The number of nitrogens with zero attached hydrogens (tertiary/aromatic N) is 2. The predicted molar refractivity (Wildman–Crippen MR) is 205 cm³/mol. The van der Waals surface area contributed by atoms with Gasteiger partial charge in [0.15, 0.2) is 0 Å². The monoisotopic (exact) mass is 622 g/mol. The number of para-hydroxylation sites is 1. The summed E-state index contributed by atoms with van der Waals surface area (Å²) in [4.78, 5) is 2.64. The van der Waals surface area contributed by atoms with Gasteiger partial charge in [-0.25, -0.2) is 0 Å². The number of rotatable bonds is 6. The highest BCUT2D eigenvalue weighted by molar-refractivity contribution is 5.98. The van der Waals surface area contributed by atoms with Crippen molar-refractivity contribution in [1.29, 1.82) is 0 Å². The minimum atomic E-state index is 0.365. The first-order chi connectivity index (χ1) is 23.6. The topological polar surface area (TPSA) is 8.17 Å². The van der Waals surface area contributed by atoms with Gasteiger partial charge < -0.3 is 9.47 Å². The van der Waals surface area contributed by atoms with E-state index in [1.165, 1.54) is 68.8 Å². The van der Waals surface area contributed by atoms with Crippen LogP contribution in [0.15, 0.2) is 144 Å². The molecule has 4 aliphatic rings. The minimum Gasteiger partial charge on any atom is -0.338 e. The van der Waals surface area contributed by atoms with Gasteiger partial charge in [0.25, 0.3) is 0 Å². The summed E-state index contributed by atoms with van der Waals surface area (Å²) in [6.07, 6.45) is 28.3. The van der Waals surface area contributed by atoms with Gasteiger partial charge in [-0.15, -0.1) is 11.5 Å². The highest BCUT2D eigenvalue weighted by Gasteiger charge is 2.46. The van der Waals surface area contributed by atoms with E-state index in [2.05, 4.69) is 157 Å². The molecule has 2 heterocycles. The van der Waals surface area contributed by atoms with Crippen LogP contribution in [0.5, 0.6) is 0 Å². The molecule has 0 N–H and O–H groups in total. The second-order valence-electron chi connectivity index (χ2n) is 13.5. The van der Waals surface area contributed by atoms with Crippen LogP contribution in [-0.2, 0) is 6.42 Å². The second-order valence-corrected chi connectivity index (χ2v) is 13.5. The van der Waals surface area contributed by atoms with Crippen molar-refractivity contribution in [2.75, 3.05) is 4.90 Å². The molecule has 2 nitrogen and oxygen atoms in total. The first kappa shape index (κ1) is 30.1. The molecule has 0 bridgehead atoms. The van der Waals surface area contributed by atoms with Crippen LogP contribution < -0.4 is 4.90 Å². The van der Waals surface area contributed by atoms with Crippen molar-refractivity contribution < 1.29 is 0 Å². The minimum absolute atomic E-state index is 0.365. The average Bonchev–Trinajstić information content (AvgIpc) is 3.92. The smallest absolute Gasteiger partial charge is 0.0547 e. The number of aromatic nitrogens is 1. The van der Waals surface area contributed by atoms with E-state index < -0.39 is 0 Å². The van der Waals surface area contributed by atoms with Crippen molar-refractivity contribution in [2.45, 2.75) is 52.5 Å². The maximum atomic E-state index is 3.38. The highest BCUT2D eigenvalue weighted by Crippen LogP contribution is 2.53. The Kier molecular flexibility index (Phi) is 7.99. The normalized spacial score (nSPS) is 22.1. The van der Waals surface area contributed by atoms with Crippen LogP contribution in [0.4, 0.5) is 11.4 Å². The molecule has 4 aromatic rings. The lowest BCUT2D eigenvalue weighted by Gasteiger charge is -2.34. The second kappa shape index (κ2) is 12.7. The summed E-state index contributed by atoms with van der Waals surface area (Å²) in [7, 11) is 0. The van der Waals surface area contributed by atoms with Gasteiger partial charge in [-0.1, -0.05) is 85.7 Å². The summed E-state index contributed by atoms with van der Waals surface area (Å²) < 4.78 is 2.43. The Morgan fingerprint density at radius 1 is 0.917 bits per heavy atom. The van der Waals surface area contributed by atoms with Crippen LogP contribution >= 0.6 is 0 Å². The third-order valence-corrected chi connectivity index (χ3v) is 10.5. The molecule has 3 aliphatic carbocycles. The standard InChI is InChI=1S/C46H42N2/c1-4-5-16-32(2)39-27-25-35-19-13-14-23-44(35)47(33(3)41-31-42(39)41)37-20-15-21-38(30-37)48-45-24-12-8-11-22-40(45)43-29-36(26-28-46(43)48)34-17-9-6-7-10-18-34/h6-9,12-24,26-30,33,41-42H,4-5,25,31H2,1-3H3/b32-16+,39-27-. The van der Waals surface area contributed by atoms with E-state index in [0.29, 0.717) is 17.9 Å². The summed E-state index contributed by atoms with van der Waals surface area (Å²) in [5.74, 6) is 1.25. The van der Waals surface area contributed by atoms with E-state index in [-0.39, 0.29) is 0 Å². The summed E-state index contributed by atoms with van der Waals surface area (Å²) in [5, 5.41) is 1.22. The van der Waals surface area contributed by atoms with Gasteiger partial charge in [-0.3, -0.25) is 0 Å². The summed E-state index contributed by atoms with van der Waals surface area (Å²) in [6.45, 7) is 7.04. The summed E-state index contributed by atoms with van der Waals surface area (Å²) in [5.41, 5.74) is 20.7. The molecule has 0 amide bonds. The summed E-state index contributed by atoms with van der Waals surface area (Å²) >= 11 is 0. The predicted octanol–water partition coefficient (Wildman–Crippen LogP) is 11.9. The molecule has 1 aromatic heterocycles. The number of hydrogen-bond donors (Lipinski definition) is 0. The fourth-order valence-corrected chi connectivity index (χ4v) is 7.97. The Hall–Kier alpha value is -5.26. The first-order valence-corrected chi connectivity index (χ1v) is 17.5. The maximum absolute atomic E-state index is 3.38. The maximum Gasteiger partial charge on any atom is 0.0547 e. The van der Waals surface area contributed by atoms with Crippen molar-refractivity contribution in [3.05, 3.63) is 166 Å². The van der Waals surface area contributed by atoms with Gasteiger partial charge >= 0.3 is 0 Å². The zero-order valence-electron chi connectivity index (χ0n) is 28.2. The Morgan fingerprint density at radius 3 is 2.69 bits per heavy atom. The molecule has 1 fully saturated rings. The van der Waals surface area contributed by atoms with Crippen LogP contribution in [0.1, 0.15) is 62.4 Å². The largest absolute Gasteiger partial charge is 0.338 e. The molecule has 3 unspecified atom stereocenters. The first-order valence-electron chi connectivity index (χ1n) is 17.5. The van der Waals surface area contributed by atoms with Crippen LogP contribution in [-0.4, -0.2) is 10.6 Å². The van der Waals surface area contributed by atoms with Gasteiger partial charge in [0.2, 0.25) is 0 Å². The molecule has 1 aliphatic heterocycles. The van der Waals surface area contributed by atoms with Gasteiger partial charge in [0.1, 0.15) is 0 Å². The Morgan fingerprint density at radius 2 is 1.77 bits per heavy atom. The Balaban J connectivity index is 1.24. The van der Waals surface area contributed by atoms with Crippen molar-refractivity contribution in [1.82, 2.24) is 4.57 Å². The van der Waals surface area contributed by atoms with E-state index in [0.717, 1.165) is 18.4 Å². The molecule has 3 aromatic carbocycles. The van der Waals surface area contributed by atoms with Crippen molar-refractivity contribution >= 4 is 40.0 Å². The molecule has 236 valence electrons. The van der Waals surface area contributed by atoms with Crippen LogP contribution in [0, 0.1) is 11.8 Å². The van der Waals surface area contributed by atoms with Crippen LogP contribution in [0.2, 0.25) is 0 Å². The van der Waals surface area contributed by atoms with Gasteiger partial charge in [0, 0.05) is 34.1 Å². The third kappa shape index (κ3) is 5.44. The van der Waals surface area contributed by atoms with Crippen molar-refractivity contribution in [2.24, 2.45) is 11.8 Å². The Labute approximate surface area is 285 Å². The zero-order chi connectivity index (χ0) is 32.6. The SMILES string of the molecule is CCC/C=C(C)/C1=C/Cc2ccccc2N(c2cccc(-n3c4c(c5cc(C6=CC=CC=C=C6)ccc53)C=C=CC=C4)c2)C(C)C2CC12. The van der Waals surface area contributed by atoms with Crippen LogP contribution in [0.3, 0.4) is 0 Å². The molecule has 48 heavy (non-hydrogen) atoms. The fourth-order valence-electron chi connectivity index (χ4n) is 7.97. The number of hydrogen-bond acceptors (Lipinski definition) is 1. The molecular formula is C46H42N2. The lowest BCUT2D eigenvalue weighted by Crippen LogP contribution is -2.31. The highest BCUT2D eigenvalue weighted by atomic mass is 15.2. The Bertz CT molecular complexity index is 2210. The van der Waals surface area contributed by atoms with Crippen LogP contribution in [0.25, 0.3) is 34.3 Å². The molecule has 0 radical (unpaired) electrons. The quantitative estimate of drug-likeness (QED) is 0.194. The number of anilines is 2.